The number of thiophene rings is 1. The zero-order chi connectivity index (χ0) is 22.1. The Morgan fingerprint density at radius 2 is 1.64 bits per heavy atom. The molecule has 0 fully saturated rings. The molecule has 5 heteroatoms. The molecule has 1 aliphatic heterocycles. The van der Waals surface area contributed by atoms with Gasteiger partial charge in [0.05, 0.1) is 17.6 Å². The molecule has 0 unspecified atom stereocenters. The van der Waals surface area contributed by atoms with E-state index in [0.29, 0.717) is 11.1 Å². The van der Waals surface area contributed by atoms with Crippen molar-refractivity contribution in [1.82, 2.24) is 9.88 Å². The second-order valence-electron chi connectivity index (χ2n) is 8.72. The smallest absolute Gasteiger partial charge is 0.197 e. The van der Waals surface area contributed by atoms with E-state index in [0.717, 1.165) is 30.6 Å². The Morgan fingerprint density at radius 3 is 2.45 bits per heavy atom. The molecule has 0 atom stereocenters. The van der Waals surface area contributed by atoms with E-state index in [4.69, 9.17) is 0 Å². The molecule has 0 saturated carbocycles. The second-order valence-corrected chi connectivity index (χ2v) is 9.82. The summed E-state index contributed by atoms with van der Waals surface area (Å²) in [5.74, 6) is -0.334. The van der Waals surface area contributed by atoms with Crippen molar-refractivity contribution in [3.05, 3.63) is 111 Å². The Balaban J connectivity index is 1.12. The van der Waals surface area contributed by atoms with Gasteiger partial charge in [-0.2, -0.15) is 0 Å². The number of fused-ring (bicyclic) bond motifs is 6. The summed E-state index contributed by atoms with van der Waals surface area (Å²) < 4.78 is 1.33. The van der Waals surface area contributed by atoms with Crippen LogP contribution in [-0.2, 0) is 13.1 Å². The van der Waals surface area contributed by atoms with E-state index in [9.17, 15) is 9.59 Å². The summed E-state index contributed by atoms with van der Waals surface area (Å²) in [6, 6.07) is 15.4. The van der Waals surface area contributed by atoms with E-state index >= 15 is 0 Å². The molecule has 4 nitrogen and oxygen atoms in total. The molecular weight excluding hydrogens is 428 g/mol. The zero-order valence-electron chi connectivity index (χ0n) is 17.7. The monoisotopic (exact) mass is 446 g/mol. The molecule has 3 heterocycles. The molecule has 0 spiro atoms. The Morgan fingerprint density at radius 1 is 0.879 bits per heavy atom. The average molecular weight is 447 g/mol. The van der Waals surface area contributed by atoms with Gasteiger partial charge in [-0.1, -0.05) is 48.5 Å². The van der Waals surface area contributed by atoms with Crippen molar-refractivity contribution in [3.63, 3.8) is 0 Å². The lowest BCUT2D eigenvalue weighted by Gasteiger charge is -2.20. The third-order valence-electron chi connectivity index (χ3n) is 6.81. The van der Waals surface area contributed by atoms with Crippen LogP contribution in [0.15, 0.2) is 89.8 Å². The number of hydrogen-bond donors (Lipinski definition) is 0. The predicted octanol–water partition coefficient (Wildman–Crippen LogP) is 5.98. The number of hydrogen-bond acceptors (Lipinski definition) is 5. The van der Waals surface area contributed by atoms with Gasteiger partial charge in [-0.3, -0.25) is 14.6 Å². The minimum atomic E-state index is -0.167. The molecular formula is C28H18N2O2S. The Labute approximate surface area is 194 Å². The molecule has 0 bridgehead atoms. The number of pyridine rings is 1. The molecule has 4 aromatic rings. The first-order valence-electron chi connectivity index (χ1n) is 11.0. The molecule has 0 radical (unpaired) electrons. The normalized spacial score (nSPS) is 17.1. The number of benzene rings is 2. The molecule has 3 aliphatic rings. The third-order valence-corrected chi connectivity index (χ3v) is 8.08. The number of para-hydroxylation sites is 1. The second kappa shape index (κ2) is 6.83. The van der Waals surface area contributed by atoms with Gasteiger partial charge in [-0.05, 0) is 29.4 Å². The van der Waals surface area contributed by atoms with Gasteiger partial charge in [0.25, 0.3) is 0 Å². The molecule has 0 amide bonds. The van der Waals surface area contributed by atoms with Crippen molar-refractivity contribution < 1.29 is 9.59 Å². The maximum absolute atomic E-state index is 12.7. The number of ketones is 2. The topological polar surface area (TPSA) is 50.3 Å². The number of carbonyl (C=O) groups excluding carboxylic acids is 2. The van der Waals surface area contributed by atoms with E-state index < -0.39 is 0 Å². The fraction of sp³-hybridized carbons (Fsp3) is 0.107. The van der Waals surface area contributed by atoms with Crippen LogP contribution in [0.1, 0.15) is 37.6 Å². The summed E-state index contributed by atoms with van der Waals surface area (Å²) >= 11 is 1.87. The summed E-state index contributed by atoms with van der Waals surface area (Å²) in [5.41, 5.74) is 5.94. The molecule has 0 N–H and O–H groups in total. The predicted molar refractivity (Wildman–Crippen MR) is 130 cm³/mol. The van der Waals surface area contributed by atoms with Crippen LogP contribution in [0.4, 0.5) is 0 Å². The Kier molecular flexibility index (Phi) is 3.87. The average Bonchev–Trinajstić information content (AvgIpc) is 3.59. The van der Waals surface area contributed by atoms with Gasteiger partial charge in [-0.25, -0.2) is 0 Å². The number of aromatic nitrogens is 1. The summed E-state index contributed by atoms with van der Waals surface area (Å²) in [6.07, 6.45) is 8.68. The fourth-order valence-electron chi connectivity index (χ4n) is 5.14. The molecule has 33 heavy (non-hydrogen) atoms. The SMILES string of the molecule is O=C1C(=CC2=CC=C(N3Cc4sc5c(cnc6ccccc65)c4C3)C2)C(=O)c2ccccc21. The van der Waals surface area contributed by atoms with E-state index in [2.05, 4.69) is 34.2 Å². The van der Waals surface area contributed by atoms with Gasteiger partial charge in [0.1, 0.15) is 0 Å². The quantitative estimate of drug-likeness (QED) is 0.281. The van der Waals surface area contributed by atoms with Crippen molar-refractivity contribution in [2.24, 2.45) is 0 Å². The first kappa shape index (κ1) is 18.7. The third kappa shape index (κ3) is 2.72. The highest BCUT2D eigenvalue weighted by molar-refractivity contribution is 7.20. The summed E-state index contributed by atoms with van der Waals surface area (Å²) in [6.45, 7) is 1.75. The number of rotatable bonds is 2. The number of Topliss-reactive ketones (excluding diaryl/α,β-unsaturated/α-hetero) is 2. The van der Waals surface area contributed by atoms with Gasteiger partial charge in [0.2, 0.25) is 0 Å². The van der Waals surface area contributed by atoms with Gasteiger partial charge in [0, 0.05) is 56.3 Å². The highest BCUT2D eigenvalue weighted by Crippen LogP contribution is 2.42. The van der Waals surface area contributed by atoms with Gasteiger partial charge >= 0.3 is 0 Å². The maximum atomic E-state index is 12.7. The summed E-state index contributed by atoms with van der Waals surface area (Å²) in [4.78, 5) is 33.9. The fourth-order valence-corrected chi connectivity index (χ4v) is 6.47. The van der Waals surface area contributed by atoms with Crippen molar-refractivity contribution in [1.29, 1.82) is 0 Å². The van der Waals surface area contributed by atoms with E-state index in [1.54, 1.807) is 30.3 Å². The molecule has 2 aromatic heterocycles. The minimum absolute atomic E-state index is 0.167. The standard InChI is InChI=1S/C28H18N2O2S/c31-26-18-5-1-2-6-19(18)27(32)21(26)12-16-9-10-17(11-16)30-14-23-22-13-29-24-8-4-3-7-20(24)28(22)33-25(23)15-30/h1-10,12-13H,11,14-15H2. The molecule has 0 saturated heterocycles. The molecule has 158 valence electrons. The van der Waals surface area contributed by atoms with Crippen LogP contribution in [0.3, 0.4) is 0 Å². The lowest BCUT2D eigenvalue weighted by atomic mass is 10.1. The Bertz CT molecular complexity index is 1600. The molecule has 2 aliphatic carbocycles. The Hall–Kier alpha value is -3.83. The van der Waals surface area contributed by atoms with Gasteiger partial charge in [0.15, 0.2) is 11.6 Å². The number of nitrogens with zero attached hydrogens (tertiary/aromatic N) is 2. The molecule has 7 rings (SSSR count). The first-order chi connectivity index (χ1) is 16.2. The van der Waals surface area contributed by atoms with Crippen LogP contribution in [0.2, 0.25) is 0 Å². The van der Waals surface area contributed by atoms with Crippen LogP contribution in [0.5, 0.6) is 0 Å². The molecule has 2 aromatic carbocycles. The summed E-state index contributed by atoms with van der Waals surface area (Å²) in [5, 5.41) is 2.48. The van der Waals surface area contributed by atoms with E-state index in [1.807, 2.05) is 29.7 Å². The van der Waals surface area contributed by atoms with Crippen LogP contribution >= 0.6 is 11.3 Å². The van der Waals surface area contributed by atoms with Crippen LogP contribution in [0.25, 0.3) is 21.0 Å². The highest BCUT2D eigenvalue weighted by atomic mass is 32.1. The number of allylic oxidation sites excluding steroid dienone is 5. The van der Waals surface area contributed by atoms with Crippen LogP contribution in [0, 0.1) is 0 Å². The van der Waals surface area contributed by atoms with E-state index in [1.165, 1.54) is 31.6 Å². The van der Waals surface area contributed by atoms with Crippen molar-refractivity contribution in [2.75, 3.05) is 0 Å². The summed E-state index contributed by atoms with van der Waals surface area (Å²) in [7, 11) is 0. The van der Waals surface area contributed by atoms with E-state index in [-0.39, 0.29) is 17.1 Å². The van der Waals surface area contributed by atoms with Crippen molar-refractivity contribution in [3.8, 4) is 0 Å². The lowest BCUT2D eigenvalue weighted by molar-refractivity contribution is 0.0988. The lowest BCUT2D eigenvalue weighted by Crippen LogP contribution is -2.15. The number of carbonyl (C=O) groups is 2. The highest BCUT2D eigenvalue weighted by Gasteiger charge is 2.33. The van der Waals surface area contributed by atoms with Crippen molar-refractivity contribution >= 4 is 43.9 Å². The largest absolute Gasteiger partial charge is 0.365 e. The maximum Gasteiger partial charge on any atom is 0.197 e. The van der Waals surface area contributed by atoms with Gasteiger partial charge in [-0.15, -0.1) is 11.3 Å². The van der Waals surface area contributed by atoms with Crippen LogP contribution in [-0.4, -0.2) is 21.5 Å². The zero-order valence-corrected chi connectivity index (χ0v) is 18.5. The van der Waals surface area contributed by atoms with Gasteiger partial charge < -0.3 is 4.90 Å². The minimum Gasteiger partial charge on any atom is -0.365 e. The van der Waals surface area contributed by atoms with Crippen LogP contribution < -0.4 is 0 Å². The van der Waals surface area contributed by atoms with Crippen molar-refractivity contribution in [2.45, 2.75) is 19.5 Å². The first-order valence-corrected chi connectivity index (χ1v) is 11.8.